The molecule has 0 bridgehead atoms. The summed E-state index contributed by atoms with van der Waals surface area (Å²) >= 11 is 0. The SMILES string of the molecule is Cc1ccc2ncn3c4cccc(F)c4cc3c2n1. The van der Waals surface area contributed by atoms with Gasteiger partial charge in [-0.05, 0) is 37.3 Å². The molecule has 0 N–H and O–H groups in total. The van der Waals surface area contributed by atoms with E-state index in [1.54, 1.807) is 12.4 Å². The minimum atomic E-state index is -0.220. The van der Waals surface area contributed by atoms with Crippen molar-refractivity contribution < 1.29 is 4.39 Å². The average molecular weight is 251 g/mol. The Hall–Kier alpha value is -2.49. The van der Waals surface area contributed by atoms with Crippen molar-refractivity contribution in [1.29, 1.82) is 0 Å². The Labute approximate surface area is 108 Å². The number of nitrogens with zero attached hydrogens (tertiary/aromatic N) is 3. The first-order valence-corrected chi connectivity index (χ1v) is 6.06. The fraction of sp³-hybridized carbons (Fsp3) is 0.0667. The fourth-order valence-electron chi connectivity index (χ4n) is 2.48. The molecular formula is C15H10FN3. The largest absolute Gasteiger partial charge is 0.298 e. The maximum Gasteiger partial charge on any atom is 0.132 e. The number of fused-ring (bicyclic) bond motifs is 5. The van der Waals surface area contributed by atoms with Gasteiger partial charge in [0, 0.05) is 11.1 Å². The first-order valence-electron chi connectivity index (χ1n) is 6.06. The summed E-state index contributed by atoms with van der Waals surface area (Å²) < 4.78 is 15.7. The van der Waals surface area contributed by atoms with Crippen LogP contribution in [0.3, 0.4) is 0 Å². The lowest BCUT2D eigenvalue weighted by atomic mass is 10.2. The highest BCUT2D eigenvalue weighted by Gasteiger charge is 2.10. The maximum absolute atomic E-state index is 13.8. The molecule has 92 valence electrons. The second-order valence-corrected chi connectivity index (χ2v) is 4.64. The molecule has 3 aromatic heterocycles. The van der Waals surface area contributed by atoms with Gasteiger partial charge in [0.15, 0.2) is 0 Å². The highest BCUT2D eigenvalue weighted by atomic mass is 19.1. The van der Waals surface area contributed by atoms with Gasteiger partial charge in [-0.2, -0.15) is 0 Å². The molecule has 19 heavy (non-hydrogen) atoms. The van der Waals surface area contributed by atoms with Crippen LogP contribution < -0.4 is 0 Å². The van der Waals surface area contributed by atoms with Gasteiger partial charge in [0.2, 0.25) is 0 Å². The molecule has 0 saturated carbocycles. The Kier molecular flexibility index (Phi) is 1.93. The van der Waals surface area contributed by atoms with Crippen molar-refractivity contribution in [3.05, 3.63) is 54.2 Å². The van der Waals surface area contributed by atoms with Crippen LogP contribution in [0.15, 0.2) is 42.7 Å². The molecule has 0 aliphatic heterocycles. The van der Waals surface area contributed by atoms with Gasteiger partial charge in [0.1, 0.15) is 17.7 Å². The number of aryl methyl sites for hydroxylation is 1. The maximum atomic E-state index is 13.8. The van der Waals surface area contributed by atoms with Gasteiger partial charge in [-0.25, -0.2) is 14.4 Å². The van der Waals surface area contributed by atoms with E-state index in [9.17, 15) is 4.39 Å². The van der Waals surface area contributed by atoms with E-state index in [1.165, 1.54) is 6.07 Å². The van der Waals surface area contributed by atoms with E-state index in [0.717, 1.165) is 27.8 Å². The highest BCUT2D eigenvalue weighted by molar-refractivity contribution is 5.98. The predicted octanol–water partition coefficient (Wildman–Crippen LogP) is 3.48. The Bertz CT molecular complexity index is 940. The predicted molar refractivity (Wildman–Crippen MR) is 72.7 cm³/mol. The first-order chi connectivity index (χ1) is 9.24. The standard InChI is InChI=1S/C15H10FN3/c1-9-5-6-12-15(18-9)14-7-10-11(16)3-2-4-13(10)19(14)8-17-12/h2-8H,1H3. The lowest BCUT2D eigenvalue weighted by Gasteiger charge is -2.02. The Morgan fingerprint density at radius 3 is 2.89 bits per heavy atom. The second kappa shape index (κ2) is 3.51. The number of benzene rings is 1. The minimum absolute atomic E-state index is 0.220. The number of hydrogen-bond donors (Lipinski definition) is 0. The van der Waals surface area contributed by atoms with Crippen molar-refractivity contribution in [2.75, 3.05) is 0 Å². The Morgan fingerprint density at radius 2 is 2.00 bits per heavy atom. The van der Waals surface area contributed by atoms with E-state index < -0.39 is 0 Å². The minimum Gasteiger partial charge on any atom is -0.298 e. The molecule has 3 heterocycles. The quantitative estimate of drug-likeness (QED) is 0.479. The van der Waals surface area contributed by atoms with Crippen molar-refractivity contribution >= 4 is 27.5 Å². The normalized spacial score (nSPS) is 11.7. The van der Waals surface area contributed by atoms with Crippen molar-refractivity contribution in [2.24, 2.45) is 0 Å². The zero-order chi connectivity index (χ0) is 13.0. The average Bonchev–Trinajstić information content (AvgIpc) is 2.79. The third-order valence-electron chi connectivity index (χ3n) is 3.40. The van der Waals surface area contributed by atoms with Crippen LogP contribution in [0.1, 0.15) is 5.69 Å². The Balaban J connectivity index is 2.30. The van der Waals surface area contributed by atoms with E-state index >= 15 is 0 Å². The van der Waals surface area contributed by atoms with Crippen LogP contribution in [0, 0.1) is 12.7 Å². The molecule has 0 radical (unpaired) electrons. The zero-order valence-electron chi connectivity index (χ0n) is 10.3. The summed E-state index contributed by atoms with van der Waals surface area (Å²) in [6, 6.07) is 10.8. The van der Waals surface area contributed by atoms with Gasteiger partial charge in [-0.1, -0.05) is 6.07 Å². The number of halogens is 1. The molecule has 0 fully saturated rings. The smallest absolute Gasteiger partial charge is 0.132 e. The highest BCUT2D eigenvalue weighted by Crippen LogP contribution is 2.26. The van der Waals surface area contributed by atoms with Crippen LogP contribution in [0.4, 0.5) is 4.39 Å². The number of pyridine rings is 1. The summed E-state index contributed by atoms with van der Waals surface area (Å²) in [5.41, 5.74) is 4.24. The number of rotatable bonds is 0. The fourth-order valence-corrected chi connectivity index (χ4v) is 2.48. The third kappa shape index (κ3) is 1.37. The molecule has 1 aromatic carbocycles. The number of hydrogen-bond acceptors (Lipinski definition) is 2. The Morgan fingerprint density at radius 1 is 1.11 bits per heavy atom. The van der Waals surface area contributed by atoms with E-state index in [-0.39, 0.29) is 5.82 Å². The molecular weight excluding hydrogens is 241 g/mol. The molecule has 0 unspecified atom stereocenters. The summed E-state index contributed by atoms with van der Waals surface area (Å²) in [6.07, 6.45) is 1.72. The first kappa shape index (κ1) is 10.4. The van der Waals surface area contributed by atoms with Crippen molar-refractivity contribution in [2.45, 2.75) is 6.92 Å². The molecule has 4 aromatic rings. The second-order valence-electron chi connectivity index (χ2n) is 4.64. The third-order valence-corrected chi connectivity index (χ3v) is 3.40. The van der Waals surface area contributed by atoms with Crippen LogP contribution >= 0.6 is 0 Å². The molecule has 0 atom stereocenters. The van der Waals surface area contributed by atoms with Crippen LogP contribution in [-0.4, -0.2) is 14.4 Å². The van der Waals surface area contributed by atoms with Gasteiger partial charge < -0.3 is 0 Å². The van der Waals surface area contributed by atoms with Gasteiger partial charge in [-0.15, -0.1) is 0 Å². The van der Waals surface area contributed by atoms with Crippen LogP contribution in [0.2, 0.25) is 0 Å². The molecule has 0 aliphatic carbocycles. The van der Waals surface area contributed by atoms with E-state index in [4.69, 9.17) is 0 Å². The molecule has 3 nitrogen and oxygen atoms in total. The molecule has 0 spiro atoms. The van der Waals surface area contributed by atoms with Crippen LogP contribution in [0.25, 0.3) is 27.5 Å². The van der Waals surface area contributed by atoms with Gasteiger partial charge >= 0.3 is 0 Å². The lowest BCUT2D eigenvalue weighted by Crippen LogP contribution is -1.92. The van der Waals surface area contributed by atoms with Crippen molar-refractivity contribution in [1.82, 2.24) is 14.4 Å². The molecule has 0 saturated heterocycles. The van der Waals surface area contributed by atoms with Crippen LogP contribution in [-0.2, 0) is 0 Å². The molecule has 4 rings (SSSR count). The zero-order valence-corrected chi connectivity index (χ0v) is 10.3. The summed E-state index contributed by atoms with van der Waals surface area (Å²) in [5, 5.41) is 0.597. The summed E-state index contributed by atoms with van der Waals surface area (Å²) in [4.78, 5) is 8.90. The summed E-state index contributed by atoms with van der Waals surface area (Å²) in [7, 11) is 0. The van der Waals surface area contributed by atoms with Crippen molar-refractivity contribution in [3.8, 4) is 0 Å². The summed E-state index contributed by atoms with van der Waals surface area (Å²) in [5.74, 6) is -0.220. The molecule has 4 heteroatoms. The lowest BCUT2D eigenvalue weighted by molar-refractivity contribution is 0.640. The van der Waals surface area contributed by atoms with Crippen LogP contribution in [0.5, 0.6) is 0 Å². The monoisotopic (exact) mass is 251 g/mol. The van der Waals surface area contributed by atoms with E-state index in [1.807, 2.05) is 35.6 Å². The van der Waals surface area contributed by atoms with E-state index in [2.05, 4.69) is 9.97 Å². The van der Waals surface area contributed by atoms with Crippen molar-refractivity contribution in [3.63, 3.8) is 0 Å². The van der Waals surface area contributed by atoms with Gasteiger partial charge in [0.05, 0.1) is 16.6 Å². The topological polar surface area (TPSA) is 30.2 Å². The number of aromatic nitrogens is 3. The molecule has 0 aliphatic rings. The van der Waals surface area contributed by atoms with Gasteiger partial charge in [0.25, 0.3) is 0 Å². The van der Waals surface area contributed by atoms with E-state index in [0.29, 0.717) is 5.39 Å². The molecule has 0 amide bonds. The summed E-state index contributed by atoms with van der Waals surface area (Å²) in [6.45, 7) is 1.94. The van der Waals surface area contributed by atoms with Gasteiger partial charge in [-0.3, -0.25) is 4.40 Å².